The summed E-state index contributed by atoms with van der Waals surface area (Å²) in [5.41, 5.74) is 6.12. The molecule has 0 saturated carbocycles. The normalized spacial score (nSPS) is 12.5. The number of benzene rings is 1. The molecule has 13 heavy (non-hydrogen) atoms. The largest absolute Gasteiger partial charge is 0.399 e. The quantitative estimate of drug-likeness (QED) is 0.619. The lowest BCUT2D eigenvalue weighted by Gasteiger charge is -2.12. The molecule has 4 N–H and O–H groups in total. The van der Waals surface area contributed by atoms with Crippen LogP contribution in [-0.2, 0) is 0 Å². The van der Waals surface area contributed by atoms with Crippen LogP contribution in [0.1, 0.15) is 6.92 Å². The number of hydrogen-bond donors (Lipinski definition) is 3. The second-order valence-electron chi connectivity index (χ2n) is 2.97. The molecule has 0 radical (unpaired) electrons. The fourth-order valence-corrected chi connectivity index (χ4v) is 0.960. The number of aliphatic hydroxyl groups excluding tert-OH is 1. The van der Waals surface area contributed by atoms with Gasteiger partial charge in [0.05, 0.1) is 12.3 Å². The topological polar surface area (TPSA) is 58.3 Å². The van der Waals surface area contributed by atoms with E-state index in [9.17, 15) is 4.39 Å². The number of rotatable bonds is 3. The fraction of sp³-hybridized carbons (Fsp3) is 0.333. The predicted molar refractivity (Wildman–Crippen MR) is 51.0 cm³/mol. The van der Waals surface area contributed by atoms with E-state index in [0.29, 0.717) is 11.4 Å². The molecule has 0 spiro atoms. The summed E-state index contributed by atoms with van der Waals surface area (Å²) in [7, 11) is 0. The second-order valence-corrected chi connectivity index (χ2v) is 2.97. The van der Waals surface area contributed by atoms with E-state index in [2.05, 4.69) is 5.32 Å². The molecule has 72 valence electrons. The molecule has 0 bridgehead atoms. The SMILES string of the molecule is CC(CO)Nc1ccc(N)cc1F. The molecular formula is C9H13FN2O. The zero-order chi connectivity index (χ0) is 9.84. The van der Waals surface area contributed by atoms with Crippen molar-refractivity contribution in [3.05, 3.63) is 24.0 Å². The van der Waals surface area contributed by atoms with Crippen molar-refractivity contribution in [2.24, 2.45) is 0 Å². The van der Waals surface area contributed by atoms with E-state index in [1.807, 2.05) is 0 Å². The van der Waals surface area contributed by atoms with E-state index in [0.717, 1.165) is 0 Å². The van der Waals surface area contributed by atoms with Crippen molar-refractivity contribution in [3.63, 3.8) is 0 Å². The molecule has 0 saturated heterocycles. The van der Waals surface area contributed by atoms with Gasteiger partial charge in [-0.3, -0.25) is 0 Å². The molecule has 0 amide bonds. The first kappa shape index (κ1) is 9.80. The minimum atomic E-state index is -0.402. The Labute approximate surface area is 76.4 Å². The van der Waals surface area contributed by atoms with Gasteiger partial charge in [-0.05, 0) is 25.1 Å². The van der Waals surface area contributed by atoms with Crippen LogP contribution in [0.5, 0.6) is 0 Å². The number of nitrogens with two attached hydrogens (primary N) is 1. The first-order valence-electron chi connectivity index (χ1n) is 4.06. The molecule has 0 aliphatic carbocycles. The van der Waals surface area contributed by atoms with Gasteiger partial charge in [-0.15, -0.1) is 0 Å². The number of hydrogen-bond acceptors (Lipinski definition) is 3. The van der Waals surface area contributed by atoms with Crippen molar-refractivity contribution in [3.8, 4) is 0 Å². The van der Waals surface area contributed by atoms with Crippen LogP contribution >= 0.6 is 0 Å². The maximum absolute atomic E-state index is 13.1. The summed E-state index contributed by atoms with van der Waals surface area (Å²) in [5, 5.41) is 11.5. The number of aliphatic hydroxyl groups is 1. The van der Waals surface area contributed by atoms with E-state index >= 15 is 0 Å². The Morgan fingerprint density at radius 3 is 2.85 bits per heavy atom. The standard InChI is InChI=1S/C9H13FN2O/c1-6(5-13)12-9-3-2-7(11)4-8(9)10/h2-4,6,12-13H,5,11H2,1H3. The van der Waals surface area contributed by atoms with Crippen molar-refractivity contribution in [2.45, 2.75) is 13.0 Å². The van der Waals surface area contributed by atoms with Crippen LogP contribution in [0.15, 0.2) is 18.2 Å². The van der Waals surface area contributed by atoms with Crippen molar-refractivity contribution < 1.29 is 9.50 Å². The molecule has 0 heterocycles. The lowest BCUT2D eigenvalue weighted by Crippen LogP contribution is -2.19. The van der Waals surface area contributed by atoms with Gasteiger partial charge in [0.25, 0.3) is 0 Å². The van der Waals surface area contributed by atoms with E-state index in [1.165, 1.54) is 6.07 Å². The minimum Gasteiger partial charge on any atom is -0.399 e. The van der Waals surface area contributed by atoms with Crippen LogP contribution in [0.4, 0.5) is 15.8 Å². The lowest BCUT2D eigenvalue weighted by atomic mass is 10.2. The lowest BCUT2D eigenvalue weighted by molar-refractivity contribution is 0.281. The Balaban J connectivity index is 2.77. The third-order valence-corrected chi connectivity index (χ3v) is 1.67. The Morgan fingerprint density at radius 2 is 2.31 bits per heavy atom. The summed E-state index contributed by atoms with van der Waals surface area (Å²) in [5.74, 6) is -0.402. The Morgan fingerprint density at radius 1 is 1.62 bits per heavy atom. The maximum atomic E-state index is 13.1. The van der Waals surface area contributed by atoms with Crippen LogP contribution in [-0.4, -0.2) is 17.8 Å². The van der Waals surface area contributed by atoms with Gasteiger partial charge in [0.1, 0.15) is 5.82 Å². The molecule has 1 rings (SSSR count). The van der Waals surface area contributed by atoms with Crippen molar-refractivity contribution in [1.82, 2.24) is 0 Å². The molecule has 3 nitrogen and oxygen atoms in total. The second kappa shape index (κ2) is 4.09. The summed E-state index contributed by atoms with van der Waals surface area (Å²) in [4.78, 5) is 0. The van der Waals surface area contributed by atoms with Gasteiger partial charge in [-0.25, -0.2) is 4.39 Å². The molecule has 1 aromatic rings. The Kier molecular flexibility index (Phi) is 3.08. The van der Waals surface area contributed by atoms with Gasteiger partial charge < -0.3 is 16.2 Å². The first-order valence-corrected chi connectivity index (χ1v) is 4.06. The average Bonchev–Trinajstić information content (AvgIpc) is 2.09. The first-order chi connectivity index (χ1) is 6.13. The van der Waals surface area contributed by atoms with Crippen LogP contribution in [0.25, 0.3) is 0 Å². The van der Waals surface area contributed by atoms with Gasteiger partial charge in [-0.1, -0.05) is 0 Å². The van der Waals surface area contributed by atoms with Crippen LogP contribution < -0.4 is 11.1 Å². The summed E-state index contributed by atoms with van der Waals surface area (Å²) in [6.45, 7) is 1.72. The molecule has 1 aromatic carbocycles. The molecular weight excluding hydrogens is 171 g/mol. The third-order valence-electron chi connectivity index (χ3n) is 1.67. The molecule has 1 unspecified atom stereocenters. The van der Waals surface area contributed by atoms with Crippen molar-refractivity contribution in [1.29, 1.82) is 0 Å². The van der Waals surface area contributed by atoms with E-state index in [4.69, 9.17) is 10.8 Å². The van der Waals surface area contributed by atoms with E-state index < -0.39 is 5.82 Å². The molecule has 4 heteroatoms. The number of anilines is 2. The number of nitrogen functional groups attached to an aromatic ring is 1. The smallest absolute Gasteiger partial charge is 0.148 e. The van der Waals surface area contributed by atoms with E-state index in [1.54, 1.807) is 19.1 Å². The van der Waals surface area contributed by atoms with Crippen LogP contribution in [0, 0.1) is 5.82 Å². The summed E-state index contributed by atoms with van der Waals surface area (Å²) >= 11 is 0. The zero-order valence-electron chi connectivity index (χ0n) is 7.42. The maximum Gasteiger partial charge on any atom is 0.148 e. The average molecular weight is 184 g/mol. The van der Waals surface area contributed by atoms with E-state index in [-0.39, 0.29) is 12.6 Å². The highest BCUT2D eigenvalue weighted by Gasteiger charge is 2.04. The van der Waals surface area contributed by atoms with Crippen LogP contribution in [0.2, 0.25) is 0 Å². The highest BCUT2D eigenvalue weighted by molar-refractivity contribution is 5.52. The monoisotopic (exact) mass is 184 g/mol. The number of halogens is 1. The highest BCUT2D eigenvalue weighted by Crippen LogP contribution is 2.17. The van der Waals surface area contributed by atoms with Gasteiger partial charge in [0, 0.05) is 11.7 Å². The molecule has 1 atom stereocenters. The molecule has 0 fully saturated rings. The molecule has 0 aromatic heterocycles. The highest BCUT2D eigenvalue weighted by atomic mass is 19.1. The minimum absolute atomic E-state index is 0.0379. The van der Waals surface area contributed by atoms with Gasteiger partial charge in [0.2, 0.25) is 0 Å². The predicted octanol–water partition coefficient (Wildman–Crippen LogP) is 1.20. The van der Waals surface area contributed by atoms with Gasteiger partial charge in [0.15, 0.2) is 0 Å². The third kappa shape index (κ3) is 2.59. The summed E-state index contributed by atoms with van der Waals surface area (Å²) in [6, 6.07) is 4.23. The zero-order valence-corrected chi connectivity index (χ0v) is 7.42. The fourth-order valence-electron chi connectivity index (χ4n) is 0.960. The van der Waals surface area contributed by atoms with Gasteiger partial charge in [-0.2, -0.15) is 0 Å². The van der Waals surface area contributed by atoms with Gasteiger partial charge >= 0.3 is 0 Å². The summed E-state index contributed by atoms with van der Waals surface area (Å²) < 4.78 is 13.1. The molecule has 0 aliphatic heterocycles. The number of nitrogens with one attached hydrogen (secondary N) is 1. The Bertz CT molecular complexity index is 291. The molecule has 0 aliphatic rings. The summed E-state index contributed by atoms with van der Waals surface area (Å²) in [6.07, 6.45) is 0. The van der Waals surface area contributed by atoms with Crippen molar-refractivity contribution in [2.75, 3.05) is 17.7 Å². The van der Waals surface area contributed by atoms with Crippen molar-refractivity contribution >= 4 is 11.4 Å². The Hall–Kier alpha value is -1.29. The van der Waals surface area contributed by atoms with Crippen LogP contribution in [0.3, 0.4) is 0 Å².